The Hall–Kier alpha value is -1.36. The van der Waals surface area contributed by atoms with E-state index >= 15 is 0 Å². The molecule has 1 saturated heterocycles. The van der Waals surface area contributed by atoms with Crippen LogP contribution in [-0.4, -0.2) is 11.5 Å². The molecule has 1 aromatic rings. The van der Waals surface area contributed by atoms with Gasteiger partial charge < -0.3 is 0 Å². The summed E-state index contributed by atoms with van der Waals surface area (Å²) in [5.74, 6) is 2.32. The summed E-state index contributed by atoms with van der Waals surface area (Å²) >= 11 is 3.81. The van der Waals surface area contributed by atoms with Gasteiger partial charge in [-0.25, -0.2) is 0 Å². The number of nitriles is 2. The van der Waals surface area contributed by atoms with E-state index in [1.807, 2.05) is 53.9 Å². The predicted octanol–water partition coefficient (Wildman–Crippen LogP) is 4.68. The molecule has 1 saturated carbocycles. The van der Waals surface area contributed by atoms with Crippen LogP contribution in [-0.2, 0) is 0 Å². The number of hydrogen-bond acceptors (Lipinski definition) is 4. The second kappa shape index (κ2) is 6.18. The second-order valence-electron chi connectivity index (χ2n) is 5.48. The number of benzene rings is 1. The average molecular weight is 312 g/mol. The molecule has 0 aromatic heterocycles. The summed E-state index contributed by atoms with van der Waals surface area (Å²) in [5.41, 5.74) is 1.53. The zero-order chi connectivity index (χ0) is 14.7. The highest BCUT2D eigenvalue weighted by Crippen LogP contribution is 2.55. The molecule has 2 aliphatic rings. The van der Waals surface area contributed by atoms with Gasteiger partial charge in [0, 0.05) is 16.6 Å². The largest absolute Gasteiger partial charge is 0.197 e. The van der Waals surface area contributed by atoms with E-state index in [1.165, 1.54) is 16.2 Å². The van der Waals surface area contributed by atoms with Crippen LogP contribution in [0.5, 0.6) is 0 Å². The molecule has 2 fully saturated rings. The van der Waals surface area contributed by atoms with Crippen molar-refractivity contribution in [2.75, 3.05) is 11.5 Å². The molecule has 0 N–H and O–H groups in total. The van der Waals surface area contributed by atoms with Gasteiger partial charge in [0.05, 0.1) is 12.1 Å². The van der Waals surface area contributed by atoms with Gasteiger partial charge in [-0.15, -0.1) is 23.5 Å². The molecule has 4 heteroatoms. The Morgan fingerprint density at radius 1 is 1.05 bits per heavy atom. The van der Waals surface area contributed by atoms with Crippen molar-refractivity contribution in [3.63, 3.8) is 0 Å². The summed E-state index contributed by atoms with van der Waals surface area (Å²) in [4.78, 5) is 0. The SMILES string of the molecule is N#CC1(C#N)CC(=C2SCCCS2)CC1c1ccccc1. The predicted molar refractivity (Wildman–Crippen MR) is 88.6 cm³/mol. The standard InChI is InChI=1S/C17H16N2S2/c18-11-17(12-19)10-14(16-20-7-4-8-21-16)9-15(17)13-5-2-1-3-6-13/h1-3,5-6,15H,4,7-10H2. The number of allylic oxidation sites excluding steroid dienone is 1. The maximum Gasteiger partial charge on any atom is 0.154 e. The van der Waals surface area contributed by atoms with Crippen LogP contribution < -0.4 is 0 Å². The lowest BCUT2D eigenvalue weighted by atomic mass is 9.77. The van der Waals surface area contributed by atoms with E-state index in [9.17, 15) is 10.5 Å². The molecule has 1 unspecified atom stereocenters. The number of nitrogens with zero attached hydrogens (tertiary/aromatic N) is 2. The first-order valence-electron chi connectivity index (χ1n) is 7.14. The highest BCUT2D eigenvalue weighted by atomic mass is 32.2. The van der Waals surface area contributed by atoms with Gasteiger partial charge in [0.1, 0.15) is 0 Å². The molecule has 0 spiro atoms. The number of hydrogen-bond donors (Lipinski definition) is 0. The molecule has 1 heterocycles. The first-order chi connectivity index (χ1) is 10.3. The number of thioether (sulfide) groups is 2. The Balaban J connectivity index is 1.99. The zero-order valence-electron chi connectivity index (χ0n) is 11.7. The van der Waals surface area contributed by atoms with Crippen LogP contribution in [0.2, 0.25) is 0 Å². The Labute approximate surface area is 134 Å². The average Bonchev–Trinajstić information content (AvgIpc) is 2.97. The molecule has 1 aliphatic carbocycles. The molecular formula is C17H16N2S2. The first kappa shape index (κ1) is 14.6. The third kappa shape index (κ3) is 2.71. The lowest BCUT2D eigenvalue weighted by Gasteiger charge is -2.20. The summed E-state index contributed by atoms with van der Waals surface area (Å²) in [5, 5.41) is 19.3. The summed E-state index contributed by atoms with van der Waals surface area (Å²) in [7, 11) is 0. The van der Waals surface area contributed by atoms with E-state index in [2.05, 4.69) is 12.1 Å². The van der Waals surface area contributed by atoms with Crippen molar-refractivity contribution in [3.05, 3.63) is 45.7 Å². The van der Waals surface area contributed by atoms with Crippen molar-refractivity contribution in [1.82, 2.24) is 0 Å². The van der Waals surface area contributed by atoms with E-state index in [-0.39, 0.29) is 5.92 Å². The minimum atomic E-state index is -0.901. The molecular weight excluding hydrogens is 296 g/mol. The van der Waals surface area contributed by atoms with E-state index in [0.717, 1.165) is 23.5 Å². The van der Waals surface area contributed by atoms with Gasteiger partial charge in [-0.2, -0.15) is 10.5 Å². The van der Waals surface area contributed by atoms with Crippen LogP contribution in [0.15, 0.2) is 40.1 Å². The summed E-state index contributed by atoms with van der Waals surface area (Å²) in [6.07, 6.45) is 2.70. The molecule has 1 atom stereocenters. The van der Waals surface area contributed by atoms with Crippen LogP contribution in [0.3, 0.4) is 0 Å². The van der Waals surface area contributed by atoms with Crippen LogP contribution >= 0.6 is 23.5 Å². The molecule has 2 nitrogen and oxygen atoms in total. The van der Waals surface area contributed by atoms with Gasteiger partial charge in [-0.05, 0) is 35.5 Å². The van der Waals surface area contributed by atoms with Crippen LogP contribution in [0.25, 0.3) is 0 Å². The molecule has 0 amide bonds. The smallest absolute Gasteiger partial charge is 0.154 e. The Morgan fingerprint density at radius 3 is 2.33 bits per heavy atom. The zero-order valence-corrected chi connectivity index (χ0v) is 13.3. The fourth-order valence-electron chi connectivity index (χ4n) is 3.09. The molecule has 21 heavy (non-hydrogen) atoms. The van der Waals surface area contributed by atoms with Gasteiger partial charge in [-0.1, -0.05) is 30.3 Å². The van der Waals surface area contributed by atoms with Gasteiger partial charge in [0.25, 0.3) is 0 Å². The van der Waals surface area contributed by atoms with Crippen molar-refractivity contribution in [1.29, 1.82) is 10.5 Å². The topological polar surface area (TPSA) is 47.6 Å². The minimum absolute atomic E-state index is 0.000624. The fraction of sp³-hybridized carbons (Fsp3) is 0.412. The third-order valence-corrected chi connectivity index (χ3v) is 6.98. The Kier molecular flexibility index (Phi) is 4.29. The molecule has 1 aromatic carbocycles. The summed E-state index contributed by atoms with van der Waals surface area (Å²) in [6, 6.07) is 14.7. The highest BCUT2D eigenvalue weighted by Gasteiger charge is 2.47. The summed E-state index contributed by atoms with van der Waals surface area (Å²) < 4.78 is 1.37. The van der Waals surface area contributed by atoms with Gasteiger partial charge in [0.2, 0.25) is 0 Å². The first-order valence-corrected chi connectivity index (χ1v) is 9.11. The third-order valence-electron chi connectivity index (χ3n) is 4.18. The maximum atomic E-state index is 9.66. The second-order valence-corrected chi connectivity index (χ2v) is 7.95. The summed E-state index contributed by atoms with van der Waals surface area (Å²) in [6.45, 7) is 0. The fourth-order valence-corrected chi connectivity index (χ4v) is 5.77. The molecule has 106 valence electrons. The lowest BCUT2D eigenvalue weighted by Crippen LogP contribution is -2.19. The Morgan fingerprint density at radius 2 is 1.71 bits per heavy atom. The van der Waals surface area contributed by atoms with Crippen molar-refractivity contribution >= 4 is 23.5 Å². The van der Waals surface area contributed by atoms with Crippen LogP contribution in [0.1, 0.15) is 30.7 Å². The van der Waals surface area contributed by atoms with Crippen molar-refractivity contribution in [2.24, 2.45) is 5.41 Å². The van der Waals surface area contributed by atoms with Crippen LogP contribution in [0.4, 0.5) is 0 Å². The molecule has 3 rings (SSSR count). The van der Waals surface area contributed by atoms with Crippen molar-refractivity contribution < 1.29 is 0 Å². The van der Waals surface area contributed by atoms with Gasteiger partial charge in [0.15, 0.2) is 5.41 Å². The lowest BCUT2D eigenvalue weighted by molar-refractivity contribution is 0.477. The highest BCUT2D eigenvalue weighted by molar-refractivity contribution is 8.22. The van der Waals surface area contributed by atoms with Gasteiger partial charge in [-0.3, -0.25) is 0 Å². The molecule has 0 radical (unpaired) electrons. The van der Waals surface area contributed by atoms with E-state index in [4.69, 9.17) is 0 Å². The quantitative estimate of drug-likeness (QED) is 0.755. The Bertz CT molecular complexity index is 615. The van der Waals surface area contributed by atoms with Crippen LogP contribution in [0, 0.1) is 28.1 Å². The molecule has 0 bridgehead atoms. The number of rotatable bonds is 1. The van der Waals surface area contributed by atoms with Crippen molar-refractivity contribution in [3.8, 4) is 12.1 Å². The van der Waals surface area contributed by atoms with E-state index < -0.39 is 5.41 Å². The maximum absolute atomic E-state index is 9.66. The minimum Gasteiger partial charge on any atom is -0.197 e. The normalized spacial score (nSPS) is 24.4. The van der Waals surface area contributed by atoms with Gasteiger partial charge >= 0.3 is 0 Å². The molecule has 1 aliphatic heterocycles. The monoisotopic (exact) mass is 312 g/mol. The van der Waals surface area contributed by atoms with E-state index in [0.29, 0.717) is 6.42 Å². The van der Waals surface area contributed by atoms with E-state index in [1.54, 1.807) is 0 Å². The van der Waals surface area contributed by atoms with Crippen molar-refractivity contribution in [2.45, 2.75) is 25.2 Å².